The Kier molecular flexibility index (Phi) is 4.14. The van der Waals surface area contributed by atoms with E-state index in [1.54, 1.807) is 0 Å². The van der Waals surface area contributed by atoms with Crippen molar-refractivity contribution in [3.63, 3.8) is 0 Å². The van der Waals surface area contributed by atoms with Gasteiger partial charge in [0.1, 0.15) is 5.69 Å². The Morgan fingerprint density at radius 2 is 1.88 bits per heavy atom. The SMILES string of the molecule is CC(C)(C)NCCc1cccnc1C(F)(F)F. The van der Waals surface area contributed by atoms with E-state index in [-0.39, 0.29) is 11.1 Å². The summed E-state index contributed by atoms with van der Waals surface area (Å²) in [5, 5.41) is 3.15. The summed E-state index contributed by atoms with van der Waals surface area (Å²) in [6.07, 6.45) is -2.89. The highest BCUT2D eigenvalue weighted by atomic mass is 19.4. The third kappa shape index (κ3) is 4.73. The number of hydrogen-bond donors (Lipinski definition) is 1. The van der Waals surface area contributed by atoms with Crippen LogP contribution >= 0.6 is 0 Å². The number of alkyl halides is 3. The molecule has 1 N–H and O–H groups in total. The molecule has 0 fully saturated rings. The van der Waals surface area contributed by atoms with Crippen molar-refractivity contribution in [2.75, 3.05) is 6.54 Å². The summed E-state index contributed by atoms with van der Waals surface area (Å²) < 4.78 is 37.9. The van der Waals surface area contributed by atoms with Crippen molar-refractivity contribution < 1.29 is 13.2 Å². The molecule has 0 bridgehead atoms. The lowest BCUT2D eigenvalue weighted by atomic mass is 10.1. The molecule has 1 aromatic heterocycles. The third-order valence-corrected chi connectivity index (χ3v) is 2.21. The molecular weight excluding hydrogens is 229 g/mol. The van der Waals surface area contributed by atoms with Gasteiger partial charge >= 0.3 is 6.18 Å². The molecule has 0 aliphatic carbocycles. The zero-order valence-electron chi connectivity index (χ0n) is 10.2. The quantitative estimate of drug-likeness (QED) is 0.886. The first-order chi connectivity index (χ1) is 7.70. The largest absolute Gasteiger partial charge is 0.433 e. The Hall–Kier alpha value is -1.10. The van der Waals surface area contributed by atoms with Gasteiger partial charge in [0.15, 0.2) is 0 Å². The van der Waals surface area contributed by atoms with Gasteiger partial charge < -0.3 is 5.32 Å². The van der Waals surface area contributed by atoms with Crippen LogP contribution in [0.25, 0.3) is 0 Å². The van der Waals surface area contributed by atoms with Gasteiger partial charge in [-0.15, -0.1) is 0 Å². The predicted molar refractivity (Wildman–Crippen MR) is 60.7 cm³/mol. The van der Waals surface area contributed by atoms with Gasteiger partial charge in [-0.05, 0) is 45.4 Å². The zero-order valence-corrected chi connectivity index (χ0v) is 10.2. The molecule has 0 spiro atoms. The topological polar surface area (TPSA) is 24.9 Å². The van der Waals surface area contributed by atoms with Crippen LogP contribution in [0.4, 0.5) is 13.2 Å². The van der Waals surface area contributed by atoms with E-state index in [4.69, 9.17) is 0 Å². The molecule has 2 nitrogen and oxygen atoms in total. The summed E-state index contributed by atoms with van der Waals surface area (Å²) in [6.45, 7) is 6.42. The molecule has 0 saturated heterocycles. The van der Waals surface area contributed by atoms with E-state index in [1.165, 1.54) is 18.3 Å². The molecule has 96 valence electrons. The van der Waals surface area contributed by atoms with Gasteiger partial charge in [0, 0.05) is 11.7 Å². The smallest absolute Gasteiger partial charge is 0.312 e. The number of nitrogens with one attached hydrogen (secondary N) is 1. The lowest BCUT2D eigenvalue weighted by Crippen LogP contribution is -2.37. The number of rotatable bonds is 3. The molecular formula is C12H17F3N2. The maximum Gasteiger partial charge on any atom is 0.433 e. The van der Waals surface area contributed by atoms with Crippen LogP contribution in [0, 0.1) is 0 Å². The van der Waals surface area contributed by atoms with Gasteiger partial charge in [-0.3, -0.25) is 4.98 Å². The number of nitrogens with zero attached hydrogens (tertiary/aromatic N) is 1. The molecule has 0 aromatic carbocycles. The van der Waals surface area contributed by atoms with Crippen molar-refractivity contribution in [2.45, 2.75) is 38.9 Å². The van der Waals surface area contributed by atoms with Crippen LogP contribution in [0.1, 0.15) is 32.0 Å². The lowest BCUT2D eigenvalue weighted by Gasteiger charge is -2.21. The van der Waals surface area contributed by atoms with Gasteiger partial charge in [0.25, 0.3) is 0 Å². The predicted octanol–water partition coefficient (Wildman–Crippen LogP) is 3.03. The van der Waals surface area contributed by atoms with E-state index in [0.717, 1.165) is 0 Å². The van der Waals surface area contributed by atoms with Crippen molar-refractivity contribution in [2.24, 2.45) is 0 Å². The Labute approximate surface area is 99.3 Å². The molecule has 5 heteroatoms. The maximum absolute atomic E-state index is 12.6. The molecule has 0 saturated carbocycles. The molecule has 0 unspecified atom stereocenters. The second-order valence-corrected chi connectivity index (χ2v) is 4.94. The van der Waals surface area contributed by atoms with Gasteiger partial charge in [-0.1, -0.05) is 6.07 Å². The van der Waals surface area contributed by atoms with E-state index in [9.17, 15) is 13.2 Å². The lowest BCUT2D eigenvalue weighted by molar-refractivity contribution is -0.141. The first-order valence-corrected chi connectivity index (χ1v) is 5.46. The minimum absolute atomic E-state index is 0.0966. The molecule has 0 amide bonds. The highest BCUT2D eigenvalue weighted by Gasteiger charge is 2.34. The fraction of sp³-hybridized carbons (Fsp3) is 0.583. The Balaban J connectivity index is 2.72. The number of hydrogen-bond acceptors (Lipinski definition) is 2. The fourth-order valence-corrected chi connectivity index (χ4v) is 1.47. The first-order valence-electron chi connectivity index (χ1n) is 5.46. The van der Waals surface area contributed by atoms with Crippen LogP contribution in [0.2, 0.25) is 0 Å². The standard InChI is InChI=1S/C12H17F3N2/c1-11(2,3)17-8-6-9-5-4-7-16-10(9)12(13,14)15/h4-5,7,17H,6,8H2,1-3H3. The third-order valence-electron chi connectivity index (χ3n) is 2.21. The average molecular weight is 246 g/mol. The molecule has 1 aromatic rings. The summed E-state index contributed by atoms with van der Waals surface area (Å²) >= 11 is 0. The van der Waals surface area contributed by atoms with Crippen molar-refractivity contribution in [3.8, 4) is 0 Å². The molecule has 0 aliphatic heterocycles. The van der Waals surface area contributed by atoms with Crippen molar-refractivity contribution in [3.05, 3.63) is 29.6 Å². The van der Waals surface area contributed by atoms with E-state index in [2.05, 4.69) is 10.3 Å². The van der Waals surface area contributed by atoms with Crippen molar-refractivity contribution >= 4 is 0 Å². The van der Waals surface area contributed by atoms with E-state index in [0.29, 0.717) is 13.0 Å². The average Bonchev–Trinajstić information content (AvgIpc) is 2.15. The highest BCUT2D eigenvalue weighted by molar-refractivity contribution is 5.22. The van der Waals surface area contributed by atoms with Crippen molar-refractivity contribution in [1.29, 1.82) is 0 Å². The van der Waals surface area contributed by atoms with E-state index >= 15 is 0 Å². The highest BCUT2D eigenvalue weighted by Crippen LogP contribution is 2.30. The van der Waals surface area contributed by atoms with Crippen LogP contribution in [0.15, 0.2) is 18.3 Å². The maximum atomic E-state index is 12.6. The van der Waals surface area contributed by atoms with Crippen LogP contribution in [-0.4, -0.2) is 17.1 Å². The number of aromatic nitrogens is 1. The van der Waals surface area contributed by atoms with Crippen molar-refractivity contribution in [1.82, 2.24) is 10.3 Å². The first kappa shape index (κ1) is 14.0. The van der Waals surface area contributed by atoms with Crippen LogP contribution < -0.4 is 5.32 Å². The molecule has 0 aliphatic rings. The van der Waals surface area contributed by atoms with E-state index < -0.39 is 11.9 Å². The van der Waals surface area contributed by atoms with Gasteiger partial charge in [0.2, 0.25) is 0 Å². The number of pyridine rings is 1. The second-order valence-electron chi connectivity index (χ2n) is 4.94. The summed E-state index contributed by atoms with van der Waals surface area (Å²) in [5.74, 6) is 0. The Morgan fingerprint density at radius 1 is 1.24 bits per heavy atom. The summed E-state index contributed by atoms with van der Waals surface area (Å²) in [4.78, 5) is 3.41. The van der Waals surface area contributed by atoms with Gasteiger partial charge in [0.05, 0.1) is 0 Å². The van der Waals surface area contributed by atoms with Gasteiger partial charge in [-0.2, -0.15) is 13.2 Å². The summed E-state index contributed by atoms with van der Waals surface area (Å²) in [6, 6.07) is 3.00. The zero-order chi connectivity index (χ0) is 13.1. The van der Waals surface area contributed by atoms with E-state index in [1.807, 2.05) is 20.8 Å². The summed E-state index contributed by atoms with van der Waals surface area (Å²) in [5.41, 5.74) is -0.645. The second kappa shape index (κ2) is 5.04. The Bertz CT molecular complexity index is 367. The monoisotopic (exact) mass is 246 g/mol. The Morgan fingerprint density at radius 3 is 2.41 bits per heavy atom. The minimum Gasteiger partial charge on any atom is -0.312 e. The van der Waals surface area contributed by atoms with Gasteiger partial charge in [-0.25, -0.2) is 0 Å². The van der Waals surface area contributed by atoms with Crippen LogP contribution in [0.5, 0.6) is 0 Å². The normalized spacial score (nSPS) is 12.8. The molecule has 1 rings (SSSR count). The number of halogens is 3. The van der Waals surface area contributed by atoms with Crippen LogP contribution in [-0.2, 0) is 12.6 Å². The minimum atomic E-state index is -4.38. The van der Waals surface area contributed by atoms with Crippen LogP contribution in [0.3, 0.4) is 0 Å². The summed E-state index contributed by atoms with van der Waals surface area (Å²) in [7, 11) is 0. The fourth-order valence-electron chi connectivity index (χ4n) is 1.47. The molecule has 1 heterocycles. The molecule has 0 radical (unpaired) electrons. The molecule has 17 heavy (non-hydrogen) atoms. The molecule has 0 atom stereocenters.